The van der Waals surface area contributed by atoms with E-state index in [0.29, 0.717) is 5.56 Å². The van der Waals surface area contributed by atoms with Crippen molar-refractivity contribution in [3.63, 3.8) is 0 Å². The molecule has 2 aromatic rings. The van der Waals surface area contributed by atoms with Crippen molar-refractivity contribution in [1.82, 2.24) is 15.0 Å². The second-order valence-corrected chi connectivity index (χ2v) is 6.08. The predicted molar refractivity (Wildman–Crippen MR) is 90.0 cm³/mol. The Bertz CT molecular complexity index is 681. The molecule has 6 heteroatoms. The fourth-order valence-electron chi connectivity index (χ4n) is 2.97. The van der Waals surface area contributed by atoms with Gasteiger partial charge in [-0.2, -0.15) is 0 Å². The minimum Gasteiger partial charge on any atom is -0.497 e. The summed E-state index contributed by atoms with van der Waals surface area (Å²) in [6, 6.07) is 9.25. The first kappa shape index (κ1) is 16.5. The van der Waals surface area contributed by atoms with Gasteiger partial charge in [-0.25, -0.2) is 0 Å². The SMILES string of the molecule is COc1ccc(C(=O)N2CCCN(Cc3cc(C)on3)CC2)cc1. The van der Waals surface area contributed by atoms with Crippen LogP contribution in [0.4, 0.5) is 0 Å². The van der Waals surface area contributed by atoms with Crippen LogP contribution in [0, 0.1) is 6.92 Å². The van der Waals surface area contributed by atoms with Crippen LogP contribution in [0.1, 0.15) is 28.2 Å². The van der Waals surface area contributed by atoms with E-state index in [0.717, 1.165) is 56.3 Å². The minimum atomic E-state index is 0.0804. The van der Waals surface area contributed by atoms with Crippen molar-refractivity contribution >= 4 is 5.91 Å². The van der Waals surface area contributed by atoms with Crippen molar-refractivity contribution in [1.29, 1.82) is 0 Å². The van der Waals surface area contributed by atoms with Crippen molar-refractivity contribution < 1.29 is 14.1 Å². The van der Waals surface area contributed by atoms with E-state index >= 15 is 0 Å². The second-order valence-electron chi connectivity index (χ2n) is 6.08. The van der Waals surface area contributed by atoms with Crippen LogP contribution in [-0.2, 0) is 6.54 Å². The predicted octanol–water partition coefficient (Wildman–Crippen LogP) is 2.34. The number of rotatable bonds is 4. The summed E-state index contributed by atoms with van der Waals surface area (Å²) in [6.07, 6.45) is 0.957. The summed E-state index contributed by atoms with van der Waals surface area (Å²) in [5.74, 6) is 1.67. The summed E-state index contributed by atoms with van der Waals surface area (Å²) in [5.41, 5.74) is 1.65. The van der Waals surface area contributed by atoms with Gasteiger partial charge in [-0.05, 0) is 37.6 Å². The monoisotopic (exact) mass is 329 g/mol. The van der Waals surface area contributed by atoms with Crippen LogP contribution in [0.3, 0.4) is 0 Å². The van der Waals surface area contributed by atoms with E-state index < -0.39 is 0 Å². The third-order valence-corrected chi connectivity index (χ3v) is 4.28. The normalized spacial score (nSPS) is 16.0. The first-order valence-corrected chi connectivity index (χ1v) is 8.23. The molecule has 0 N–H and O–H groups in total. The van der Waals surface area contributed by atoms with Gasteiger partial charge in [0.2, 0.25) is 0 Å². The zero-order valence-corrected chi connectivity index (χ0v) is 14.2. The van der Waals surface area contributed by atoms with Gasteiger partial charge in [-0.15, -0.1) is 0 Å². The van der Waals surface area contributed by atoms with Crippen LogP contribution in [0.5, 0.6) is 5.75 Å². The molecule has 0 saturated carbocycles. The molecule has 24 heavy (non-hydrogen) atoms. The number of hydrogen-bond acceptors (Lipinski definition) is 5. The van der Waals surface area contributed by atoms with Crippen LogP contribution in [-0.4, -0.2) is 54.2 Å². The number of methoxy groups -OCH3 is 1. The van der Waals surface area contributed by atoms with E-state index in [1.54, 1.807) is 7.11 Å². The zero-order valence-electron chi connectivity index (χ0n) is 14.2. The maximum atomic E-state index is 12.7. The van der Waals surface area contributed by atoms with Gasteiger partial charge < -0.3 is 14.2 Å². The first-order valence-electron chi connectivity index (χ1n) is 8.23. The molecular formula is C18H23N3O3. The number of aromatic nitrogens is 1. The number of carbonyl (C=O) groups is 1. The lowest BCUT2D eigenvalue weighted by atomic mass is 10.2. The lowest BCUT2D eigenvalue weighted by molar-refractivity contribution is 0.0761. The molecule has 1 saturated heterocycles. The average Bonchev–Trinajstić information content (AvgIpc) is 2.87. The van der Waals surface area contributed by atoms with Crippen molar-refractivity contribution in [2.24, 2.45) is 0 Å². The van der Waals surface area contributed by atoms with Gasteiger partial charge in [0, 0.05) is 44.4 Å². The summed E-state index contributed by atoms with van der Waals surface area (Å²) in [6.45, 7) is 5.96. The molecule has 1 aliphatic rings. The summed E-state index contributed by atoms with van der Waals surface area (Å²) >= 11 is 0. The third-order valence-electron chi connectivity index (χ3n) is 4.28. The van der Waals surface area contributed by atoms with Crippen LogP contribution in [0.25, 0.3) is 0 Å². The number of hydrogen-bond donors (Lipinski definition) is 0. The average molecular weight is 329 g/mol. The smallest absolute Gasteiger partial charge is 0.253 e. The van der Waals surface area contributed by atoms with Crippen LogP contribution in [0.2, 0.25) is 0 Å². The first-order chi connectivity index (χ1) is 11.7. The van der Waals surface area contributed by atoms with E-state index in [4.69, 9.17) is 9.26 Å². The molecule has 0 bridgehead atoms. The number of ether oxygens (including phenoxy) is 1. The summed E-state index contributed by atoms with van der Waals surface area (Å²) in [5, 5.41) is 4.05. The van der Waals surface area contributed by atoms with E-state index in [-0.39, 0.29) is 5.91 Å². The Morgan fingerprint density at radius 1 is 1.21 bits per heavy atom. The standard InChI is InChI=1S/C18H23N3O3/c1-14-12-16(19-24-14)13-20-8-3-9-21(11-10-20)18(22)15-4-6-17(23-2)7-5-15/h4-7,12H,3,8-11,13H2,1-2H3. The lowest BCUT2D eigenvalue weighted by Gasteiger charge is -2.21. The number of aryl methyl sites for hydroxylation is 1. The number of amides is 1. The molecule has 128 valence electrons. The highest BCUT2D eigenvalue weighted by Gasteiger charge is 2.21. The van der Waals surface area contributed by atoms with Crippen molar-refractivity contribution in [2.45, 2.75) is 19.9 Å². The molecule has 3 rings (SSSR count). The van der Waals surface area contributed by atoms with Gasteiger partial charge >= 0.3 is 0 Å². The molecule has 0 aliphatic carbocycles. The highest BCUT2D eigenvalue weighted by molar-refractivity contribution is 5.94. The molecule has 1 aromatic heterocycles. The van der Waals surface area contributed by atoms with Gasteiger partial charge in [0.05, 0.1) is 12.8 Å². The maximum Gasteiger partial charge on any atom is 0.253 e. The molecule has 0 unspecified atom stereocenters. The largest absolute Gasteiger partial charge is 0.497 e. The number of benzene rings is 1. The molecule has 2 heterocycles. The Kier molecular flexibility index (Phi) is 5.15. The van der Waals surface area contributed by atoms with E-state index in [9.17, 15) is 4.79 Å². The quantitative estimate of drug-likeness (QED) is 0.862. The number of carbonyl (C=O) groups excluding carboxylic acids is 1. The van der Waals surface area contributed by atoms with Crippen LogP contribution >= 0.6 is 0 Å². The van der Waals surface area contributed by atoms with E-state index in [2.05, 4.69) is 10.1 Å². The summed E-state index contributed by atoms with van der Waals surface area (Å²) in [4.78, 5) is 16.9. The van der Waals surface area contributed by atoms with Gasteiger partial charge in [-0.1, -0.05) is 5.16 Å². The Morgan fingerprint density at radius 2 is 2.00 bits per heavy atom. The number of nitrogens with zero attached hydrogens (tertiary/aromatic N) is 3. The highest BCUT2D eigenvalue weighted by Crippen LogP contribution is 2.15. The molecule has 0 atom stereocenters. The Hall–Kier alpha value is -2.34. The second kappa shape index (κ2) is 7.49. The summed E-state index contributed by atoms with van der Waals surface area (Å²) in [7, 11) is 1.62. The van der Waals surface area contributed by atoms with Crippen LogP contribution in [0.15, 0.2) is 34.9 Å². The molecular weight excluding hydrogens is 306 g/mol. The lowest BCUT2D eigenvalue weighted by Crippen LogP contribution is -2.35. The van der Waals surface area contributed by atoms with Crippen molar-refractivity contribution in [3.05, 3.63) is 47.3 Å². The summed E-state index contributed by atoms with van der Waals surface area (Å²) < 4.78 is 10.3. The molecule has 1 aliphatic heterocycles. The fourth-order valence-corrected chi connectivity index (χ4v) is 2.97. The zero-order chi connectivity index (χ0) is 16.9. The highest BCUT2D eigenvalue weighted by atomic mass is 16.5. The van der Waals surface area contributed by atoms with Gasteiger partial charge in [0.15, 0.2) is 0 Å². The van der Waals surface area contributed by atoms with Crippen molar-refractivity contribution in [2.75, 3.05) is 33.3 Å². The third kappa shape index (κ3) is 3.94. The van der Waals surface area contributed by atoms with Crippen LogP contribution < -0.4 is 4.74 Å². The van der Waals surface area contributed by atoms with Gasteiger partial charge in [0.25, 0.3) is 5.91 Å². The van der Waals surface area contributed by atoms with Gasteiger partial charge in [0.1, 0.15) is 11.5 Å². The topological polar surface area (TPSA) is 58.8 Å². The maximum absolute atomic E-state index is 12.7. The van der Waals surface area contributed by atoms with E-state index in [1.165, 1.54) is 0 Å². The molecule has 1 fully saturated rings. The Labute approximate surface area is 142 Å². The Morgan fingerprint density at radius 3 is 2.67 bits per heavy atom. The molecule has 6 nitrogen and oxygen atoms in total. The molecule has 0 radical (unpaired) electrons. The van der Waals surface area contributed by atoms with Crippen molar-refractivity contribution in [3.8, 4) is 5.75 Å². The Balaban J connectivity index is 1.58. The molecule has 1 aromatic carbocycles. The molecule has 0 spiro atoms. The molecule has 1 amide bonds. The minimum absolute atomic E-state index is 0.0804. The fraction of sp³-hybridized carbons (Fsp3) is 0.444. The van der Waals surface area contributed by atoms with E-state index in [1.807, 2.05) is 42.2 Å². The van der Waals surface area contributed by atoms with Gasteiger partial charge in [-0.3, -0.25) is 9.69 Å².